The number of ether oxygens (including phenoxy) is 2. The van der Waals surface area contributed by atoms with Gasteiger partial charge >= 0.3 is 0 Å². The number of morpholine rings is 1. The van der Waals surface area contributed by atoms with E-state index < -0.39 is 0 Å². The summed E-state index contributed by atoms with van der Waals surface area (Å²) in [6.07, 6.45) is 0.396. The molecule has 2 aliphatic heterocycles. The third-order valence-corrected chi connectivity index (χ3v) is 6.71. The Morgan fingerprint density at radius 1 is 1.12 bits per heavy atom. The Morgan fingerprint density at radius 2 is 1.94 bits per heavy atom. The molecule has 0 unspecified atom stereocenters. The van der Waals surface area contributed by atoms with E-state index >= 15 is 0 Å². The zero-order valence-electron chi connectivity index (χ0n) is 17.3. The van der Waals surface area contributed by atoms with Crippen LogP contribution in [-0.4, -0.2) is 57.8 Å². The molecule has 1 amide bonds. The molecule has 3 heterocycles. The highest BCUT2D eigenvalue weighted by molar-refractivity contribution is 7.99. The van der Waals surface area contributed by atoms with Gasteiger partial charge in [0.1, 0.15) is 0 Å². The Kier molecular flexibility index (Phi) is 6.14. The van der Waals surface area contributed by atoms with Crippen LogP contribution in [0.1, 0.15) is 17.5 Å². The minimum absolute atomic E-state index is 0.108. The molecule has 1 saturated heterocycles. The number of halogens is 1. The largest absolute Gasteiger partial charge is 0.378 e. The molecular formula is C22H22ClN5O3S. The highest BCUT2D eigenvalue weighted by Crippen LogP contribution is 2.39. The van der Waals surface area contributed by atoms with Gasteiger partial charge in [-0.05, 0) is 28.0 Å². The maximum atomic E-state index is 12.4. The van der Waals surface area contributed by atoms with Gasteiger partial charge in [-0.15, -0.1) is 0 Å². The van der Waals surface area contributed by atoms with Gasteiger partial charge in [-0.2, -0.15) is 9.97 Å². The highest BCUT2D eigenvalue weighted by Gasteiger charge is 2.21. The van der Waals surface area contributed by atoms with Gasteiger partial charge in [0.05, 0.1) is 31.5 Å². The lowest BCUT2D eigenvalue weighted by molar-refractivity contribution is -0.134. The van der Waals surface area contributed by atoms with Gasteiger partial charge in [0.2, 0.25) is 11.9 Å². The summed E-state index contributed by atoms with van der Waals surface area (Å²) in [5, 5.41) is 3.11. The van der Waals surface area contributed by atoms with E-state index in [0.29, 0.717) is 67.7 Å². The average molecular weight is 472 g/mol. The van der Waals surface area contributed by atoms with Crippen LogP contribution >= 0.6 is 23.4 Å². The maximum absolute atomic E-state index is 12.4. The van der Waals surface area contributed by atoms with Crippen molar-refractivity contribution in [3.05, 3.63) is 40.4 Å². The molecule has 0 saturated carbocycles. The molecular weight excluding hydrogens is 450 g/mol. The van der Waals surface area contributed by atoms with Gasteiger partial charge in [0.15, 0.2) is 11.0 Å². The molecule has 2 aliphatic rings. The quantitative estimate of drug-likeness (QED) is 0.565. The molecule has 2 aromatic carbocycles. The minimum Gasteiger partial charge on any atom is -0.378 e. The van der Waals surface area contributed by atoms with E-state index in [1.165, 1.54) is 11.8 Å². The second-order valence-corrected chi connectivity index (χ2v) is 9.09. The Morgan fingerprint density at radius 3 is 2.78 bits per heavy atom. The SMILES string of the molecule is Nc1nc(SCCC(=O)N2CCOCC2)nc(-c2c(Cl)cc3c4c(cccc24)COC3)n1. The number of aromatic nitrogens is 3. The van der Waals surface area contributed by atoms with E-state index in [2.05, 4.69) is 21.0 Å². The topological polar surface area (TPSA) is 103 Å². The van der Waals surface area contributed by atoms with Gasteiger partial charge in [-0.25, -0.2) is 4.98 Å². The average Bonchev–Trinajstić information content (AvgIpc) is 2.79. The Bertz CT molecular complexity index is 1190. The van der Waals surface area contributed by atoms with Gasteiger partial charge in [-0.1, -0.05) is 41.6 Å². The van der Waals surface area contributed by atoms with Gasteiger partial charge in [-0.3, -0.25) is 4.79 Å². The summed E-state index contributed by atoms with van der Waals surface area (Å²) in [6.45, 7) is 3.54. The number of thioether (sulfide) groups is 1. The third-order valence-electron chi connectivity index (χ3n) is 5.56. The van der Waals surface area contributed by atoms with E-state index in [4.69, 9.17) is 26.8 Å². The van der Waals surface area contributed by atoms with Crippen LogP contribution in [0, 0.1) is 0 Å². The van der Waals surface area contributed by atoms with Crippen molar-refractivity contribution in [1.29, 1.82) is 0 Å². The number of anilines is 1. The number of carbonyl (C=O) groups excluding carboxylic acids is 1. The molecule has 32 heavy (non-hydrogen) atoms. The summed E-state index contributed by atoms with van der Waals surface area (Å²) >= 11 is 8.06. The van der Waals surface area contributed by atoms with Crippen molar-refractivity contribution in [2.24, 2.45) is 0 Å². The van der Waals surface area contributed by atoms with E-state index in [9.17, 15) is 4.79 Å². The van der Waals surface area contributed by atoms with E-state index in [0.717, 1.165) is 27.5 Å². The molecule has 1 aromatic heterocycles. The van der Waals surface area contributed by atoms with Crippen molar-refractivity contribution in [3.8, 4) is 11.4 Å². The lowest BCUT2D eigenvalue weighted by atomic mass is 9.94. The Balaban J connectivity index is 1.41. The number of amides is 1. The Hall–Kier alpha value is -2.46. The van der Waals surface area contributed by atoms with Gasteiger partial charge < -0.3 is 20.1 Å². The van der Waals surface area contributed by atoms with Crippen LogP contribution in [0.4, 0.5) is 5.95 Å². The fourth-order valence-electron chi connectivity index (χ4n) is 4.09. The zero-order chi connectivity index (χ0) is 22.1. The first-order valence-corrected chi connectivity index (χ1v) is 11.8. The van der Waals surface area contributed by atoms with Crippen LogP contribution in [0.2, 0.25) is 5.02 Å². The summed E-state index contributed by atoms with van der Waals surface area (Å²) < 4.78 is 11.0. The van der Waals surface area contributed by atoms with Crippen LogP contribution in [0.15, 0.2) is 29.4 Å². The lowest BCUT2D eigenvalue weighted by Crippen LogP contribution is -2.40. The van der Waals surface area contributed by atoms with Gasteiger partial charge in [0.25, 0.3) is 0 Å². The predicted octanol–water partition coefficient (Wildman–Crippen LogP) is 3.30. The lowest BCUT2D eigenvalue weighted by Gasteiger charge is -2.26. The number of nitrogens with two attached hydrogens (primary N) is 1. The molecule has 0 bridgehead atoms. The van der Waals surface area contributed by atoms with E-state index in [1.54, 1.807) is 0 Å². The number of hydrogen-bond acceptors (Lipinski definition) is 8. The van der Waals surface area contributed by atoms with Gasteiger partial charge in [0, 0.05) is 30.8 Å². The first-order chi connectivity index (χ1) is 15.6. The molecule has 0 spiro atoms. The Labute approximate surface area is 194 Å². The first-order valence-electron chi connectivity index (χ1n) is 10.4. The van der Waals surface area contributed by atoms with Crippen LogP contribution in [0.5, 0.6) is 0 Å². The minimum atomic E-state index is 0.108. The third kappa shape index (κ3) is 4.25. The van der Waals surface area contributed by atoms with Crippen LogP contribution in [-0.2, 0) is 27.5 Å². The summed E-state index contributed by atoms with van der Waals surface area (Å²) in [6, 6.07) is 7.96. The summed E-state index contributed by atoms with van der Waals surface area (Å²) in [4.78, 5) is 27.5. The molecule has 166 valence electrons. The number of rotatable bonds is 5. The monoisotopic (exact) mass is 471 g/mol. The molecule has 2 N–H and O–H groups in total. The second-order valence-electron chi connectivity index (χ2n) is 7.62. The summed E-state index contributed by atoms with van der Waals surface area (Å²) in [5.41, 5.74) is 8.90. The van der Waals surface area contributed by atoms with Crippen molar-refractivity contribution in [1.82, 2.24) is 19.9 Å². The molecule has 0 atom stereocenters. The smallest absolute Gasteiger partial charge is 0.224 e. The van der Waals surface area contributed by atoms with Crippen LogP contribution < -0.4 is 5.73 Å². The van der Waals surface area contributed by atoms with E-state index in [1.807, 2.05) is 23.1 Å². The summed E-state index contributed by atoms with van der Waals surface area (Å²) in [5.74, 6) is 1.21. The fourth-order valence-corrected chi connectivity index (χ4v) is 5.18. The van der Waals surface area contributed by atoms with E-state index in [-0.39, 0.29) is 11.9 Å². The molecule has 0 radical (unpaired) electrons. The second kappa shape index (κ2) is 9.19. The molecule has 1 fully saturated rings. The molecule has 5 rings (SSSR count). The van der Waals surface area contributed by atoms with Crippen molar-refractivity contribution in [2.45, 2.75) is 24.8 Å². The normalized spacial score (nSPS) is 15.8. The predicted molar refractivity (Wildman–Crippen MR) is 123 cm³/mol. The molecule has 0 aliphatic carbocycles. The number of hydrogen-bond donors (Lipinski definition) is 1. The van der Waals surface area contributed by atoms with Crippen molar-refractivity contribution in [3.63, 3.8) is 0 Å². The fraction of sp³-hybridized carbons (Fsp3) is 0.364. The zero-order valence-corrected chi connectivity index (χ0v) is 18.9. The van der Waals surface area contributed by atoms with Crippen LogP contribution in [0.3, 0.4) is 0 Å². The maximum Gasteiger partial charge on any atom is 0.224 e. The highest BCUT2D eigenvalue weighted by atomic mass is 35.5. The van der Waals surface area contributed by atoms with Crippen molar-refractivity contribution in [2.75, 3.05) is 37.8 Å². The summed E-state index contributed by atoms with van der Waals surface area (Å²) in [7, 11) is 0. The first kappa shape index (κ1) is 21.4. The standard InChI is InChI=1S/C22H22ClN5O3S/c23-16-10-14-12-31-11-13-2-1-3-15(18(13)14)19(16)20-25-21(24)27-22(26-20)32-9-4-17(29)28-5-7-30-8-6-28/h1-3,10H,4-9,11-12H2,(H2,24,25,26,27). The number of benzene rings is 2. The number of carbonyl (C=O) groups is 1. The molecule has 8 nitrogen and oxygen atoms in total. The molecule has 3 aromatic rings. The van der Waals surface area contributed by atoms with Crippen molar-refractivity contribution < 1.29 is 14.3 Å². The number of nitrogens with zero attached hydrogens (tertiary/aromatic N) is 4. The molecule has 10 heteroatoms. The van der Waals surface area contributed by atoms with Crippen molar-refractivity contribution >= 4 is 46.0 Å². The number of nitrogen functional groups attached to an aromatic ring is 1. The van der Waals surface area contributed by atoms with Crippen LogP contribution in [0.25, 0.3) is 22.2 Å².